The standard InChI is InChI=1S/C25H31ClN2O4/c1-31-15-16-32-22-10-11-23-20(17-22)7-6-19-8-9-21(26)18-24(19)28(23)14-3-2-12-27-13-4-5-25(29)30/h4-5,8-11,17-18,27H,2-3,6-7,12-16H2,1H3,(H,29,30)/b5-4+. The molecule has 6 nitrogen and oxygen atoms in total. The van der Waals surface area contributed by atoms with Crippen molar-refractivity contribution in [2.24, 2.45) is 0 Å². The molecule has 0 saturated carbocycles. The molecule has 32 heavy (non-hydrogen) atoms. The number of carboxylic acid groups (broad SMARTS) is 1. The number of carboxylic acids is 1. The quantitative estimate of drug-likeness (QED) is 0.357. The Balaban J connectivity index is 1.69. The smallest absolute Gasteiger partial charge is 0.328 e. The van der Waals surface area contributed by atoms with Crippen molar-refractivity contribution in [3.63, 3.8) is 0 Å². The van der Waals surface area contributed by atoms with E-state index < -0.39 is 5.97 Å². The molecule has 0 saturated heterocycles. The van der Waals surface area contributed by atoms with Crippen molar-refractivity contribution in [1.29, 1.82) is 0 Å². The molecule has 2 aromatic rings. The van der Waals surface area contributed by atoms with Gasteiger partial charge in [-0.2, -0.15) is 0 Å². The van der Waals surface area contributed by atoms with E-state index in [1.165, 1.54) is 22.5 Å². The van der Waals surface area contributed by atoms with Gasteiger partial charge in [0.1, 0.15) is 12.4 Å². The minimum absolute atomic E-state index is 0.531. The lowest BCUT2D eigenvalue weighted by molar-refractivity contribution is -0.131. The average Bonchev–Trinajstić information content (AvgIpc) is 2.92. The van der Waals surface area contributed by atoms with Crippen LogP contribution < -0.4 is 15.0 Å². The van der Waals surface area contributed by atoms with Crippen LogP contribution in [0.15, 0.2) is 48.6 Å². The number of aliphatic carboxylic acids is 1. The molecular formula is C25H31ClN2O4. The molecule has 0 aromatic heterocycles. The highest BCUT2D eigenvalue weighted by atomic mass is 35.5. The van der Waals surface area contributed by atoms with E-state index in [9.17, 15) is 4.79 Å². The predicted octanol–water partition coefficient (Wildman–Crippen LogP) is 4.61. The molecule has 1 aliphatic heterocycles. The fourth-order valence-electron chi connectivity index (χ4n) is 3.86. The third-order valence-corrected chi connectivity index (χ3v) is 5.64. The number of aryl methyl sites for hydroxylation is 2. The summed E-state index contributed by atoms with van der Waals surface area (Å²) in [5.41, 5.74) is 4.93. The van der Waals surface area contributed by atoms with Crippen LogP contribution in [-0.2, 0) is 22.4 Å². The van der Waals surface area contributed by atoms with E-state index in [-0.39, 0.29) is 0 Å². The first-order valence-electron chi connectivity index (χ1n) is 11.0. The third-order valence-electron chi connectivity index (χ3n) is 5.41. The maximum absolute atomic E-state index is 10.5. The molecule has 0 spiro atoms. The summed E-state index contributed by atoms with van der Waals surface area (Å²) in [6.45, 7) is 3.36. The van der Waals surface area contributed by atoms with E-state index in [1.54, 1.807) is 13.2 Å². The van der Waals surface area contributed by atoms with Gasteiger partial charge >= 0.3 is 5.97 Å². The first-order valence-corrected chi connectivity index (χ1v) is 11.4. The summed E-state index contributed by atoms with van der Waals surface area (Å²) in [5.74, 6) is -0.0560. The highest BCUT2D eigenvalue weighted by Gasteiger charge is 2.21. The Hall–Kier alpha value is -2.54. The second kappa shape index (κ2) is 12.5. The lowest BCUT2D eigenvalue weighted by Gasteiger charge is -2.27. The van der Waals surface area contributed by atoms with Crippen molar-refractivity contribution < 1.29 is 19.4 Å². The molecular weight excluding hydrogens is 428 g/mol. The molecule has 0 fully saturated rings. The van der Waals surface area contributed by atoms with Gasteiger partial charge in [0.15, 0.2) is 0 Å². The van der Waals surface area contributed by atoms with E-state index in [0.29, 0.717) is 19.8 Å². The fourth-order valence-corrected chi connectivity index (χ4v) is 4.03. The first kappa shape index (κ1) is 24.1. The summed E-state index contributed by atoms with van der Waals surface area (Å²) in [7, 11) is 1.67. The van der Waals surface area contributed by atoms with Gasteiger partial charge < -0.3 is 24.8 Å². The van der Waals surface area contributed by atoms with Crippen LogP contribution in [0, 0.1) is 0 Å². The van der Waals surface area contributed by atoms with Gasteiger partial charge in [-0.05, 0) is 73.7 Å². The van der Waals surface area contributed by atoms with Crippen LogP contribution in [0.5, 0.6) is 5.75 Å². The second-order valence-electron chi connectivity index (χ2n) is 7.71. The van der Waals surface area contributed by atoms with Gasteiger partial charge in [0.2, 0.25) is 0 Å². The highest BCUT2D eigenvalue weighted by Crippen LogP contribution is 2.39. The zero-order chi connectivity index (χ0) is 22.8. The van der Waals surface area contributed by atoms with Gasteiger partial charge in [0.25, 0.3) is 0 Å². The summed E-state index contributed by atoms with van der Waals surface area (Å²) in [6, 6.07) is 12.5. The van der Waals surface area contributed by atoms with Crippen molar-refractivity contribution in [1.82, 2.24) is 5.32 Å². The largest absolute Gasteiger partial charge is 0.491 e. The molecule has 0 atom stereocenters. The van der Waals surface area contributed by atoms with Crippen LogP contribution in [0.4, 0.5) is 11.4 Å². The predicted molar refractivity (Wildman–Crippen MR) is 129 cm³/mol. The lowest BCUT2D eigenvalue weighted by atomic mass is 10.0. The normalized spacial score (nSPS) is 13.0. The number of nitrogens with one attached hydrogen (secondary N) is 1. The number of halogens is 1. The minimum Gasteiger partial charge on any atom is -0.491 e. The summed E-state index contributed by atoms with van der Waals surface area (Å²) < 4.78 is 10.9. The number of anilines is 2. The Labute approximate surface area is 194 Å². The summed E-state index contributed by atoms with van der Waals surface area (Å²) in [4.78, 5) is 12.9. The average molecular weight is 459 g/mol. The number of hydrogen-bond acceptors (Lipinski definition) is 5. The van der Waals surface area contributed by atoms with Gasteiger partial charge in [-0.3, -0.25) is 0 Å². The number of ether oxygens (including phenoxy) is 2. The summed E-state index contributed by atoms with van der Waals surface area (Å²) in [6.07, 6.45) is 6.66. The van der Waals surface area contributed by atoms with E-state index >= 15 is 0 Å². The number of carbonyl (C=O) groups is 1. The number of nitrogens with zero attached hydrogens (tertiary/aromatic N) is 1. The number of hydrogen-bond donors (Lipinski definition) is 2. The molecule has 0 aliphatic carbocycles. The van der Waals surface area contributed by atoms with Gasteiger partial charge in [0.05, 0.1) is 6.61 Å². The second-order valence-corrected chi connectivity index (χ2v) is 8.14. The van der Waals surface area contributed by atoms with Gasteiger partial charge in [-0.25, -0.2) is 4.79 Å². The van der Waals surface area contributed by atoms with Gasteiger partial charge in [-0.1, -0.05) is 23.7 Å². The number of fused-ring (bicyclic) bond motifs is 2. The van der Waals surface area contributed by atoms with Crippen LogP contribution in [0.3, 0.4) is 0 Å². The Bertz CT molecular complexity index is 932. The molecule has 1 aliphatic rings. The molecule has 3 rings (SSSR count). The number of benzene rings is 2. The topological polar surface area (TPSA) is 71.0 Å². The van der Waals surface area contributed by atoms with E-state index in [0.717, 1.165) is 55.6 Å². The van der Waals surface area contributed by atoms with Crippen LogP contribution >= 0.6 is 11.6 Å². The maximum atomic E-state index is 10.5. The molecule has 7 heteroatoms. The minimum atomic E-state index is -0.920. The fraction of sp³-hybridized carbons (Fsp3) is 0.400. The highest BCUT2D eigenvalue weighted by molar-refractivity contribution is 6.30. The van der Waals surface area contributed by atoms with Gasteiger partial charge in [0, 0.05) is 42.7 Å². The first-order chi connectivity index (χ1) is 15.6. The SMILES string of the molecule is COCCOc1ccc2c(c1)CCc1ccc(Cl)cc1N2CCCCNC/C=C/C(=O)O. The van der Waals surface area contributed by atoms with Crippen LogP contribution in [0.2, 0.25) is 5.02 Å². The van der Waals surface area contributed by atoms with Crippen LogP contribution in [0.1, 0.15) is 24.0 Å². The van der Waals surface area contributed by atoms with Crippen molar-refractivity contribution in [2.75, 3.05) is 44.9 Å². The molecule has 0 amide bonds. The van der Waals surface area contributed by atoms with Crippen molar-refractivity contribution in [3.8, 4) is 5.75 Å². The zero-order valence-electron chi connectivity index (χ0n) is 18.5. The van der Waals surface area contributed by atoms with E-state index in [1.807, 2.05) is 12.1 Å². The monoisotopic (exact) mass is 458 g/mol. The van der Waals surface area contributed by atoms with E-state index in [4.69, 9.17) is 26.2 Å². The summed E-state index contributed by atoms with van der Waals surface area (Å²) in [5, 5.41) is 12.6. The molecule has 0 unspecified atom stereocenters. The molecule has 0 radical (unpaired) electrons. The van der Waals surface area contributed by atoms with Crippen LogP contribution in [0.25, 0.3) is 0 Å². The lowest BCUT2D eigenvalue weighted by Crippen LogP contribution is -2.22. The Kier molecular flexibility index (Phi) is 9.41. The molecule has 172 valence electrons. The van der Waals surface area contributed by atoms with Crippen molar-refractivity contribution >= 4 is 28.9 Å². The Morgan fingerprint density at radius 2 is 1.97 bits per heavy atom. The molecule has 2 N–H and O–H groups in total. The van der Waals surface area contributed by atoms with Crippen LogP contribution in [-0.4, -0.2) is 51.0 Å². The molecule has 0 bridgehead atoms. The Morgan fingerprint density at radius 1 is 1.12 bits per heavy atom. The molecule has 1 heterocycles. The number of methoxy groups -OCH3 is 1. The zero-order valence-corrected chi connectivity index (χ0v) is 19.2. The third kappa shape index (κ3) is 6.99. The molecule has 2 aromatic carbocycles. The number of unbranched alkanes of at least 4 members (excludes halogenated alkanes) is 1. The van der Waals surface area contributed by atoms with E-state index in [2.05, 4.69) is 34.5 Å². The van der Waals surface area contributed by atoms with Gasteiger partial charge in [-0.15, -0.1) is 0 Å². The maximum Gasteiger partial charge on any atom is 0.328 e. The Morgan fingerprint density at radius 3 is 2.78 bits per heavy atom. The summed E-state index contributed by atoms with van der Waals surface area (Å²) >= 11 is 6.36. The number of rotatable bonds is 12. The van der Waals surface area contributed by atoms with Crippen molar-refractivity contribution in [2.45, 2.75) is 25.7 Å². The van der Waals surface area contributed by atoms with Crippen molar-refractivity contribution in [3.05, 3.63) is 64.7 Å².